The SMILES string of the molecule is COCC(O)CNC(=O)Cc1ccccc1CN. The highest BCUT2D eigenvalue weighted by atomic mass is 16.5. The van der Waals surface area contributed by atoms with Gasteiger partial charge in [-0.25, -0.2) is 0 Å². The lowest BCUT2D eigenvalue weighted by molar-refractivity contribution is -0.121. The number of hydrogen-bond donors (Lipinski definition) is 3. The summed E-state index contributed by atoms with van der Waals surface area (Å²) >= 11 is 0. The lowest BCUT2D eigenvalue weighted by atomic mass is 10.0. The standard InChI is InChI=1S/C13H20N2O3/c1-18-9-12(16)8-15-13(17)6-10-4-2-3-5-11(10)7-14/h2-5,12,16H,6-9,14H2,1H3,(H,15,17). The molecule has 1 amide bonds. The van der Waals surface area contributed by atoms with Crippen LogP contribution in [0, 0.1) is 0 Å². The van der Waals surface area contributed by atoms with Crippen LogP contribution < -0.4 is 11.1 Å². The molecule has 0 radical (unpaired) electrons. The molecule has 0 heterocycles. The van der Waals surface area contributed by atoms with E-state index in [1.807, 2.05) is 24.3 Å². The summed E-state index contributed by atoms with van der Waals surface area (Å²) in [5.74, 6) is -0.133. The van der Waals surface area contributed by atoms with Crippen molar-refractivity contribution in [2.45, 2.75) is 19.1 Å². The molecule has 18 heavy (non-hydrogen) atoms. The van der Waals surface area contributed by atoms with Crippen LogP contribution in [0.2, 0.25) is 0 Å². The predicted molar refractivity (Wildman–Crippen MR) is 68.9 cm³/mol. The Balaban J connectivity index is 2.44. The molecule has 5 heteroatoms. The summed E-state index contributed by atoms with van der Waals surface area (Å²) in [6, 6.07) is 7.56. The Hall–Kier alpha value is -1.43. The van der Waals surface area contributed by atoms with Gasteiger partial charge in [-0.2, -0.15) is 0 Å². The van der Waals surface area contributed by atoms with Crippen LogP contribution in [0.3, 0.4) is 0 Å². The highest BCUT2D eigenvalue weighted by molar-refractivity contribution is 5.78. The van der Waals surface area contributed by atoms with E-state index in [9.17, 15) is 9.90 Å². The summed E-state index contributed by atoms with van der Waals surface area (Å²) < 4.78 is 4.77. The average molecular weight is 252 g/mol. The molecular weight excluding hydrogens is 232 g/mol. The van der Waals surface area contributed by atoms with Crippen LogP contribution in [0.25, 0.3) is 0 Å². The first kappa shape index (κ1) is 14.6. The molecule has 100 valence electrons. The zero-order valence-electron chi connectivity index (χ0n) is 10.6. The summed E-state index contributed by atoms with van der Waals surface area (Å²) in [6.07, 6.45) is -0.406. The fraction of sp³-hybridized carbons (Fsp3) is 0.462. The Kier molecular flexibility index (Phi) is 6.35. The first-order valence-electron chi connectivity index (χ1n) is 5.88. The van der Waals surface area contributed by atoms with Crippen LogP contribution in [-0.2, 0) is 22.5 Å². The van der Waals surface area contributed by atoms with Gasteiger partial charge in [-0.1, -0.05) is 24.3 Å². The summed E-state index contributed by atoms with van der Waals surface area (Å²) in [4.78, 5) is 11.7. The summed E-state index contributed by atoms with van der Waals surface area (Å²) in [7, 11) is 1.50. The number of carbonyl (C=O) groups excluding carboxylic acids is 1. The molecule has 1 aromatic carbocycles. The van der Waals surface area contributed by atoms with Gasteiger partial charge in [-0.05, 0) is 11.1 Å². The van der Waals surface area contributed by atoms with E-state index in [1.165, 1.54) is 7.11 Å². The number of carbonyl (C=O) groups is 1. The Morgan fingerprint density at radius 1 is 1.44 bits per heavy atom. The molecule has 0 fully saturated rings. The summed E-state index contributed by atoms with van der Waals surface area (Å²) in [5, 5.41) is 12.1. The van der Waals surface area contributed by atoms with E-state index >= 15 is 0 Å². The van der Waals surface area contributed by atoms with Gasteiger partial charge in [0.2, 0.25) is 5.91 Å². The van der Waals surface area contributed by atoms with E-state index in [-0.39, 0.29) is 25.5 Å². The van der Waals surface area contributed by atoms with Crippen LogP contribution in [0.5, 0.6) is 0 Å². The van der Waals surface area contributed by atoms with E-state index in [2.05, 4.69) is 5.32 Å². The first-order valence-corrected chi connectivity index (χ1v) is 5.88. The monoisotopic (exact) mass is 252 g/mol. The molecule has 1 rings (SSSR count). The second kappa shape index (κ2) is 7.81. The van der Waals surface area contributed by atoms with Crippen LogP contribution in [0.1, 0.15) is 11.1 Å². The molecule has 0 saturated carbocycles. The molecule has 1 aromatic rings. The number of aliphatic hydroxyl groups is 1. The second-order valence-corrected chi connectivity index (χ2v) is 4.06. The molecule has 0 aliphatic rings. The van der Waals surface area contributed by atoms with Crippen molar-refractivity contribution in [1.29, 1.82) is 0 Å². The molecule has 4 N–H and O–H groups in total. The maximum absolute atomic E-state index is 11.7. The molecule has 0 aromatic heterocycles. The van der Waals surface area contributed by atoms with Crippen molar-refractivity contribution in [3.8, 4) is 0 Å². The third kappa shape index (κ3) is 4.83. The molecule has 0 spiro atoms. The van der Waals surface area contributed by atoms with Gasteiger partial charge in [0.1, 0.15) is 0 Å². The van der Waals surface area contributed by atoms with Gasteiger partial charge in [0, 0.05) is 20.2 Å². The highest BCUT2D eigenvalue weighted by Gasteiger charge is 2.09. The Labute approximate surface area is 107 Å². The van der Waals surface area contributed by atoms with Crippen molar-refractivity contribution in [2.75, 3.05) is 20.3 Å². The Morgan fingerprint density at radius 2 is 2.11 bits per heavy atom. The third-order valence-electron chi connectivity index (χ3n) is 2.58. The summed E-state index contributed by atoms with van der Waals surface area (Å²) in [6.45, 7) is 0.812. The maximum atomic E-state index is 11.7. The number of hydrogen-bond acceptors (Lipinski definition) is 4. The van der Waals surface area contributed by atoms with Crippen molar-refractivity contribution in [3.63, 3.8) is 0 Å². The van der Waals surface area contributed by atoms with Crippen molar-refractivity contribution in [3.05, 3.63) is 35.4 Å². The van der Waals surface area contributed by atoms with E-state index < -0.39 is 6.10 Å². The lowest BCUT2D eigenvalue weighted by Crippen LogP contribution is -2.35. The number of methoxy groups -OCH3 is 1. The predicted octanol–water partition coefficient (Wildman–Crippen LogP) is -0.189. The van der Waals surface area contributed by atoms with Gasteiger partial charge in [0.15, 0.2) is 0 Å². The minimum Gasteiger partial charge on any atom is -0.389 e. The number of aliphatic hydroxyl groups excluding tert-OH is 1. The molecule has 0 aliphatic heterocycles. The van der Waals surface area contributed by atoms with Gasteiger partial charge in [-0.15, -0.1) is 0 Å². The zero-order valence-corrected chi connectivity index (χ0v) is 10.6. The fourth-order valence-electron chi connectivity index (χ4n) is 1.65. The van der Waals surface area contributed by atoms with Gasteiger partial charge >= 0.3 is 0 Å². The van der Waals surface area contributed by atoms with Crippen molar-refractivity contribution >= 4 is 5.91 Å². The first-order chi connectivity index (χ1) is 8.67. The molecule has 0 aliphatic carbocycles. The number of rotatable bonds is 7. The molecular formula is C13H20N2O3. The Bertz CT molecular complexity index is 382. The number of benzene rings is 1. The number of nitrogens with one attached hydrogen (secondary N) is 1. The lowest BCUT2D eigenvalue weighted by Gasteiger charge is -2.12. The number of ether oxygens (including phenoxy) is 1. The zero-order chi connectivity index (χ0) is 13.4. The van der Waals surface area contributed by atoms with Gasteiger partial charge in [-0.3, -0.25) is 4.79 Å². The largest absolute Gasteiger partial charge is 0.389 e. The van der Waals surface area contributed by atoms with E-state index in [0.717, 1.165) is 11.1 Å². The van der Waals surface area contributed by atoms with Crippen molar-refractivity contribution in [2.24, 2.45) is 5.73 Å². The minimum absolute atomic E-state index is 0.133. The van der Waals surface area contributed by atoms with Gasteiger partial charge in [0.05, 0.1) is 19.1 Å². The second-order valence-electron chi connectivity index (χ2n) is 4.06. The normalized spacial score (nSPS) is 12.2. The van der Waals surface area contributed by atoms with Gasteiger partial charge < -0.3 is 20.9 Å². The number of nitrogens with two attached hydrogens (primary N) is 1. The minimum atomic E-state index is -0.677. The maximum Gasteiger partial charge on any atom is 0.224 e. The quantitative estimate of drug-likeness (QED) is 0.628. The average Bonchev–Trinajstić information content (AvgIpc) is 2.37. The van der Waals surface area contributed by atoms with Crippen molar-refractivity contribution < 1.29 is 14.6 Å². The van der Waals surface area contributed by atoms with E-state index in [0.29, 0.717) is 6.54 Å². The van der Waals surface area contributed by atoms with Gasteiger partial charge in [0.25, 0.3) is 0 Å². The molecule has 0 saturated heterocycles. The van der Waals surface area contributed by atoms with E-state index in [4.69, 9.17) is 10.5 Å². The van der Waals surface area contributed by atoms with Crippen molar-refractivity contribution in [1.82, 2.24) is 5.32 Å². The Morgan fingerprint density at radius 3 is 2.72 bits per heavy atom. The molecule has 5 nitrogen and oxygen atoms in total. The molecule has 0 bridgehead atoms. The van der Waals surface area contributed by atoms with Crippen LogP contribution >= 0.6 is 0 Å². The van der Waals surface area contributed by atoms with Crippen LogP contribution in [-0.4, -0.2) is 37.4 Å². The fourth-order valence-corrected chi connectivity index (χ4v) is 1.65. The topological polar surface area (TPSA) is 84.6 Å². The smallest absolute Gasteiger partial charge is 0.224 e. The third-order valence-corrected chi connectivity index (χ3v) is 2.58. The molecule has 1 atom stereocenters. The summed E-state index contributed by atoms with van der Waals surface area (Å²) in [5.41, 5.74) is 7.48. The number of amides is 1. The highest BCUT2D eigenvalue weighted by Crippen LogP contribution is 2.08. The van der Waals surface area contributed by atoms with E-state index in [1.54, 1.807) is 0 Å². The molecule has 1 unspecified atom stereocenters. The van der Waals surface area contributed by atoms with Crippen LogP contribution in [0.4, 0.5) is 0 Å². The van der Waals surface area contributed by atoms with Crippen LogP contribution in [0.15, 0.2) is 24.3 Å².